The summed E-state index contributed by atoms with van der Waals surface area (Å²) in [5, 5.41) is 12.9. The molecule has 0 aliphatic rings. The number of halogens is 2. The normalized spacial score (nSPS) is 12.1. The first-order chi connectivity index (χ1) is 18.3. The van der Waals surface area contributed by atoms with Gasteiger partial charge in [-0.15, -0.1) is 0 Å². The molecule has 0 bridgehead atoms. The molecular weight excluding hydrogens is 547 g/mol. The largest absolute Gasteiger partial charge is 0.455 e. The van der Waals surface area contributed by atoms with Gasteiger partial charge in [0.25, 0.3) is 5.91 Å². The summed E-state index contributed by atoms with van der Waals surface area (Å²) in [6.07, 6.45) is 0.835. The number of nitriles is 1. The molecule has 0 aliphatic heterocycles. The first-order valence-electron chi connectivity index (χ1n) is 11.5. The quantitative estimate of drug-likeness (QED) is 0.309. The minimum Gasteiger partial charge on any atom is -0.455 e. The Morgan fingerprint density at radius 3 is 2.59 bits per heavy atom. The summed E-state index contributed by atoms with van der Waals surface area (Å²) < 4.78 is 45.7. The third-order valence-electron chi connectivity index (χ3n) is 5.95. The van der Waals surface area contributed by atoms with Crippen molar-refractivity contribution in [1.29, 1.82) is 5.26 Å². The molecule has 0 saturated heterocycles. The predicted molar refractivity (Wildman–Crippen MR) is 146 cm³/mol. The van der Waals surface area contributed by atoms with E-state index >= 15 is 0 Å². The Balaban J connectivity index is 1.89. The van der Waals surface area contributed by atoms with Gasteiger partial charge in [0.05, 0.1) is 28.9 Å². The average Bonchev–Trinajstić information content (AvgIpc) is 2.85. The van der Waals surface area contributed by atoms with Gasteiger partial charge in [0.1, 0.15) is 28.4 Å². The topological polar surface area (TPSA) is 142 Å². The van der Waals surface area contributed by atoms with Crippen LogP contribution >= 0.6 is 11.6 Å². The standard InChI is InChI=1S/C27H22ClFN4O5S/c1-13-10-17(15(3)31-21-8-9-22(28)32-23(21)27(35)33-39(4,36)37)26-18(11-13)24(34)14(2)25(38-26)16-6-5-7-20(29)19(16)12-30/h5-11,15,31H,1-4H3,(H,33,35)/t15-/m1/s1. The summed E-state index contributed by atoms with van der Waals surface area (Å²) in [7, 11) is -3.87. The van der Waals surface area contributed by atoms with Crippen LogP contribution in [-0.2, 0) is 10.0 Å². The van der Waals surface area contributed by atoms with Gasteiger partial charge < -0.3 is 9.73 Å². The fraction of sp³-hybridized carbons (Fsp3) is 0.185. The van der Waals surface area contributed by atoms with Crippen molar-refractivity contribution in [3.05, 3.63) is 91.6 Å². The van der Waals surface area contributed by atoms with Gasteiger partial charge in [0.2, 0.25) is 10.0 Å². The highest BCUT2D eigenvalue weighted by Crippen LogP contribution is 2.34. The van der Waals surface area contributed by atoms with Crippen LogP contribution in [0.1, 0.15) is 45.7 Å². The number of benzene rings is 2. The van der Waals surface area contributed by atoms with Crippen molar-refractivity contribution in [2.24, 2.45) is 0 Å². The Morgan fingerprint density at radius 2 is 1.92 bits per heavy atom. The number of nitrogens with zero attached hydrogens (tertiary/aromatic N) is 2. The van der Waals surface area contributed by atoms with E-state index in [0.29, 0.717) is 5.56 Å². The summed E-state index contributed by atoms with van der Waals surface area (Å²) in [4.78, 5) is 30.0. The van der Waals surface area contributed by atoms with Crippen molar-refractivity contribution >= 4 is 44.2 Å². The minimum atomic E-state index is -3.87. The predicted octanol–water partition coefficient (Wildman–Crippen LogP) is 5.00. The maximum Gasteiger partial charge on any atom is 0.285 e. The van der Waals surface area contributed by atoms with E-state index < -0.39 is 27.8 Å². The zero-order chi connectivity index (χ0) is 28.6. The number of fused-ring (bicyclic) bond motifs is 1. The molecule has 0 radical (unpaired) electrons. The van der Waals surface area contributed by atoms with Gasteiger partial charge in [0.15, 0.2) is 11.1 Å². The number of pyridine rings is 1. The molecule has 4 aromatic rings. The Labute approximate surface area is 228 Å². The van der Waals surface area contributed by atoms with Gasteiger partial charge in [-0.2, -0.15) is 5.26 Å². The maximum atomic E-state index is 14.4. The van der Waals surface area contributed by atoms with E-state index in [1.807, 2.05) is 10.8 Å². The van der Waals surface area contributed by atoms with Crippen molar-refractivity contribution in [2.75, 3.05) is 11.6 Å². The zero-order valence-corrected chi connectivity index (χ0v) is 22.8. The summed E-state index contributed by atoms with van der Waals surface area (Å²) in [5.74, 6) is -1.67. The lowest BCUT2D eigenvalue weighted by Gasteiger charge is -2.20. The van der Waals surface area contributed by atoms with Crippen molar-refractivity contribution < 1.29 is 22.0 Å². The molecule has 2 aromatic carbocycles. The SMILES string of the molecule is Cc1cc([C@@H](C)Nc2ccc(Cl)nc2C(=O)NS(C)(=O)=O)c2oc(-c3cccc(F)c3C#N)c(C)c(=O)c2c1. The van der Waals surface area contributed by atoms with E-state index in [4.69, 9.17) is 16.0 Å². The van der Waals surface area contributed by atoms with E-state index in [9.17, 15) is 27.7 Å². The number of carbonyl (C=O) groups excluding carboxylic acids is 1. The van der Waals surface area contributed by atoms with E-state index in [1.54, 1.807) is 32.9 Å². The summed E-state index contributed by atoms with van der Waals surface area (Å²) in [6.45, 7) is 5.08. The van der Waals surface area contributed by atoms with Crippen molar-refractivity contribution in [1.82, 2.24) is 9.71 Å². The number of anilines is 1. The highest BCUT2D eigenvalue weighted by Gasteiger charge is 2.23. The van der Waals surface area contributed by atoms with E-state index in [0.717, 1.165) is 17.9 Å². The van der Waals surface area contributed by atoms with Gasteiger partial charge in [-0.3, -0.25) is 9.59 Å². The van der Waals surface area contributed by atoms with Crippen LogP contribution < -0.4 is 15.5 Å². The van der Waals surface area contributed by atoms with Gasteiger partial charge in [-0.25, -0.2) is 22.5 Å². The number of aryl methyl sites for hydroxylation is 1. The number of nitrogens with one attached hydrogen (secondary N) is 2. The second-order valence-corrected chi connectivity index (χ2v) is 11.1. The Kier molecular flexibility index (Phi) is 7.46. The lowest BCUT2D eigenvalue weighted by atomic mass is 9.97. The smallest absolute Gasteiger partial charge is 0.285 e. The molecular formula is C27H22ClFN4O5S. The Morgan fingerprint density at radius 1 is 1.21 bits per heavy atom. The molecule has 2 heterocycles. The highest BCUT2D eigenvalue weighted by molar-refractivity contribution is 7.89. The van der Waals surface area contributed by atoms with Crippen LogP contribution in [0.25, 0.3) is 22.3 Å². The van der Waals surface area contributed by atoms with Crippen LogP contribution in [0.5, 0.6) is 0 Å². The molecule has 1 amide bonds. The van der Waals surface area contributed by atoms with Crippen LogP contribution in [0, 0.1) is 31.0 Å². The van der Waals surface area contributed by atoms with Gasteiger partial charge >= 0.3 is 0 Å². The van der Waals surface area contributed by atoms with E-state index in [-0.39, 0.29) is 55.4 Å². The van der Waals surface area contributed by atoms with Crippen molar-refractivity contribution in [3.8, 4) is 17.4 Å². The maximum absolute atomic E-state index is 14.4. The van der Waals surface area contributed by atoms with Crippen LogP contribution in [0.3, 0.4) is 0 Å². The third kappa shape index (κ3) is 5.62. The molecule has 0 aliphatic carbocycles. The lowest BCUT2D eigenvalue weighted by molar-refractivity contribution is 0.0977. The van der Waals surface area contributed by atoms with E-state index in [1.165, 1.54) is 24.3 Å². The van der Waals surface area contributed by atoms with Crippen LogP contribution in [0.2, 0.25) is 5.15 Å². The molecule has 4 rings (SSSR count). The first kappa shape index (κ1) is 27.8. The molecule has 200 valence electrons. The number of hydrogen-bond donors (Lipinski definition) is 2. The number of rotatable bonds is 6. The number of hydrogen-bond acceptors (Lipinski definition) is 8. The molecule has 0 spiro atoms. The fourth-order valence-electron chi connectivity index (χ4n) is 4.23. The number of aromatic nitrogens is 1. The Bertz CT molecular complexity index is 1870. The molecule has 0 fully saturated rings. The average molecular weight is 569 g/mol. The number of amides is 1. The first-order valence-corrected chi connectivity index (χ1v) is 13.8. The molecule has 12 heteroatoms. The molecule has 2 aromatic heterocycles. The van der Waals surface area contributed by atoms with Crippen LogP contribution in [0.4, 0.5) is 10.1 Å². The molecule has 0 saturated carbocycles. The van der Waals surface area contributed by atoms with Crippen molar-refractivity contribution in [3.63, 3.8) is 0 Å². The van der Waals surface area contributed by atoms with Gasteiger partial charge in [0, 0.05) is 16.7 Å². The summed E-state index contributed by atoms with van der Waals surface area (Å²) in [5.41, 5.74) is 1.13. The number of carbonyl (C=O) groups is 1. The zero-order valence-electron chi connectivity index (χ0n) is 21.2. The summed E-state index contributed by atoms with van der Waals surface area (Å²) in [6, 6.07) is 11.6. The number of sulfonamides is 1. The second kappa shape index (κ2) is 10.5. The molecule has 9 nitrogen and oxygen atoms in total. The molecule has 1 atom stereocenters. The van der Waals surface area contributed by atoms with Gasteiger partial charge in [-0.1, -0.05) is 23.7 Å². The Hall–Kier alpha value is -4.27. The second-order valence-electron chi connectivity index (χ2n) is 8.99. The van der Waals surface area contributed by atoms with Gasteiger partial charge in [-0.05, 0) is 56.7 Å². The molecule has 39 heavy (non-hydrogen) atoms. The molecule has 2 N–H and O–H groups in total. The van der Waals surface area contributed by atoms with Crippen molar-refractivity contribution in [2.45, 2.75) is 26.8 Å². The van der Waals surface area contributed by atoms with E-state index in [2.05, 4.69) is 10.3 Å². The minimum absolute atomic E-state index is 0.0256. The van der Waals surface area contributed by atoms with Crippen LogP contribution in [-0.4, -0.2) is 25.6 Å². The van der Waals surface area contributed by atoms with Crippen LogP contribution in [0.15, 0.2) is 51.7 Å². The third-order valence-corrected chi connectivity index (χ3v) is 6.72. The lowest BCUT2D eigenvalue weighted by Crippen LogP contribution is -2.31. The fourth-order valence-corrected chi connectivity index (χ4v) is 4.81. The summed E-state index contributed by atoms with van der Waals surface area (Å²) >= 11 is 5.96. The molecule has 0 unspecified atom stereocenters. The monoisotopic (exact) mass is 568 g/mol. The highest BCUT2D eigenvalue weighted by atomic mass is 35.5.